The van der Waals surface area contributed by atoms with Crippen LogP contribution in [-0.2, 0) is 19.5 Å². The average Bonchev–Trinajstić information content (AvgIpc) is 2.95. The summed E-state index contributed by atoms with van der Waals surface area (Å²) in [5.41, 5.74) is 1.72. The van der Waals surface area contributed by atoms with Crippen molar-refractivity contribution in [3.05, 3.63) is 23.3 Å². The van der Waals surface area contributed by atoms with Crippen LogP contribution in [0.3, 0.4) is 0 Å². The van der Waals surface area contributed by atoms with Crippen molar-refractivity contribution in [2.75, 3.05) is 33.4 Å². The number of hydrogen-bond acceptors (Lipinski definition) is 5. The lowest BCUT2D eigenvalue weighted by Crippen LogP contribution is -2.47. The Hall–Kier alpha value is -1.15. The predicted octanol–water partition coefficient (Wildman–Crippen LogP) is 1.84. The van der Waals surface area contributed by atoms with E-state index in [2.05, 4.69) is 0 Å². The Morgan fingerprint density at radius 1 is 1.13 bits per heavy atom. The van der Waals surface area contributed by atoms with Gasteiger partial charge in [-0.2, -0.15) is 4.31 Å². The maximum atomic E-state index is 13.0. The number of nitrogens with zero attached hydrogens (tertiary/aromatic N) is 1. The summed E-state index contributed by atoms with van der Waals surface area (Å²) in [6, 6.07) is 3.59. The number of aryl methyl sites for hydroxylation is 2. The molecule has 2 aliphatic heterocycles. The minimum absolute atomic E-state index is 0.238. The van der Waals surface area contributed by atoms with Crippen LogP contribution in [0.4, 0.5) is 0 Å². The molecule has 7 heteroatoms. The second-order valence-electron chi connectivity index (χ2n) is 6.12. The minimum Gasteiger partial charge on any atom is -0.495 e. The van der Waals surface area contributed by atoms with E-state index in [0.717, 1.165) is 11.1 Å². The molecule has 3 rings (SSSR count). The third-order valence-corrected chi connectivity index (χ3v) is 6.41. The molecule has 2 heterocycles. The molecule has 0 atom stereocenters. The van der Waals surface area contributed by atoms with E-state index in [9.17, 15) is 8.42 Å². The van der Waals surface area contributed by atoms with Crippen LogP contribution in [0.2, 0.25) is 0 Å². The molecule has 128 valence electrons. The monoisotopic (exact) mass is 341 g/mol. The Morgan fingerprint density at radius 3 is 2.30 bits per heavy atom. The Balaban J connectivity index is 1.88. The zero-order valence-corrected chi connectivity index (χ0v) is 14.6. The van der Waals surface area contributed by atoms with E-state index in [-0.39, 0.29) is 4.90 Å². The largest absolute Gasteiger partial charge is 0.495 e. The lowest BCUT2D eigenvalue weighted by Gasteiger charge is -2.37. The number of ether oxygens (including phenoxy) is 3. The molecule has 0 unspecified atom stereocenters. The van der Waals surface area contributed by atoms with E-state index >= 15 is 0 Å². The molecule has 2 fully saturated rings. The molecule has 2 saturated heterocycles. The second-order valence-corrected chi connectivity index (χ2v) is 8.03. The Morgan fingerprint density at radius 2 is 1.74 bits per heavy atom. The normalized spacial score (nSPS) is 21.7. The van der Waals surface area contributed by atoms with Crippen molar-refractivity contribution in [3.8, 4) is 5.75 Å². The van der Waals surface area contributed by atoms with Crippen molar-refractivity contribution >= 4 is 10.0 Å². The highest BCUT2D eigenvalue weighted by molar-refractivity contribution is 7.89. The lowest BCUT2D eigenvalue weighted by atomic mass is 10.1. The first-order chi connectivity index (χ1) is 10.9. The van der Waals surface area contributed by atoms with Gasteiger partial charge in [0, 0.05) is 25.9 Å². The van der Waals surface area contributed by atoms with Gasteiger partial charge < -0.3 is 14.2 Å². The van der Waals surface area contributed by atoms with Crippen LogP contribution in [0.15, 0.2) is 17.0 Å². The van der Waals surface area contributed by atoms with Crippen LogP contribution >= 0.6 is 0 Å². The van der Waals surface area contributed by atoms with E-state index in [1.54, 1.807) is 6.07 Å². The molecule has 1 aromatic rings. The molecule has 1 aromatic carbocycles. The number of methoxy groups -OCH3 is 1. The van der Waals surface area contributed by atoms with E-state index in [1.165, 1.54) is 11.4 Å². The van der Waals surface area contributed by atoms with Gasteiger partial charge in [0.15, 0.2) is 5.79 Å². The summed E-state index contributed by atoms with van der Waals surface area (Å²) in [5, 5.41) is 0. The summed E-state index contributed by atoms with van der Waals surface area (Å²) in [6.45, 7) is 5.68. The quantitative estimate of drug-likeness (QED) is 0.839. The first-order valence-electron chi connectivity index (χ1n) is 7.81. The van der Waals surface area contributed by atoms with Crippen LogP contribution in [-0.4, -0.2) is 51.9 Å². The number of rotatable bonds is 3. The van der Waals surface area contributed by atoms with E-state index in [1.807, 2.05) is 19.9 Å². The molecular weight excluding hydrogens is 318 g/mol. The highest BCUT2D eigenvalue weighted by Crippen LogP contribution is 2.36. The van der Waals surface area contributed by atoms with Crippen LogP contribution in [0, 0.1) is 13.8 Å². The predicted molar refractivity (Wildman–Crippen MR) is 85.1 cm³/mol. The standard InChI is InChI=1S/C16H23NO5S/c1-12-10-13(2)15(20-3)14(11-12)23(18,19)17-6-4-16(5-7-17)21-8-9-22-16/h10-11H,4-9H2,1-3H3. The summed E-state index contributed by atoms with van der Waals surface area (Å²) >= 11 is 0. The summed E-state index contributed by atoms with van der Waals surface area (Å²) in [7, 11) is -2.10. The fourth-order valence-electron chi connectivity index (χ4n) is 3.36. The first-order valence-corrected chi connectivity index (χ1v) is 9.25. The number of piperidine rings is 1. The summed E-state index contributed by atoms with van der Waals surface area (Å²) < 4.78 is 44.3. The zero-order valence-electron chi connectivity index (χ0n) is 13.8. The Labute approximate surface area is 137 Å². The first kappa shape index (κ1) is 16.7. The minimum atomic E-state index is -3.60. The second kappa shape index (κ2) is 6.05. The molecule has 0 aromatic heterocycles. The molecule has 0 aliphatic carbocycles. The van der Waals surface area contributed by atoms with Gasteiger partial charge in [0.2, 0.25) is 10.0 Å². The van der Waals surface area contributed by atoms with Gasteiger partial charge in [-0.25, -0.2) is 8.42 Å². The Bertz CT molecular complexity index is 685. The van der Waals surface area contributed by atoms with Crippen LogP contribution in [0.25, 0.3) is 0 Å². The Kier molecular flexibility index (Phi) is 4.39. The third-order valence-electron chi connectivity index (χ3n) is 4.50. The molecule has 0 saturated carbocycles. The van der Waals surface area contributed by atoms with Crippen LogP contribution < -0.4 is 4.74 Å². The summed E-state index contributed by atoms with van der Waals surface area (Å²) in [5.74, 6) is -0.164. The van der Waals surface area contributed by atoms with Crippen molar-refractivity contribution < 1.29 is 22.6 Å². The van der Waals surface area contributed by atoms with Gasteiger partial charge in [-0.15, -0.1) is 0 Å². The lowest BCUT2D eigenvalue weighted by molar-refractivity contribution is -0.179. The van der Waals surface area contributed by atoms with Crippen molar-refractivity contribution in [3.63, 3.8) is 0 Å². The fraction of sp³-hybridized carbons (Fsp3) is 0.625. The molecule has 0 radical (unpaired) electrons. The topological polar surface area (TPSA) is 65.1 Å². The van der Waals surface area contributed by atoms with Gasteiger partial charge in [0.1, 0.15) is 10.6 Å². The van der Waals surface area contributed by atoms with Gasteiger partial charge in [0.05, 0.1) is 20.3 Å². The molecule has 0 bridgehead atoms. The van der Waals surface area contributed by atoms with Gasteiger partial charge in [0.25, 0.3) is 0 Å². The molecule has 0 amide bonds. The molecule has 0 N–H and O–H groups in total. The molecule has 2 aliphatic rings. The van der Waals surface area contributed by atoms with Crippen molar-refractivity contribution in [1.82, 2.24) is 4.31 Å². The third kappa shape index (κ3) is 2.98. The van der Waals surface area contributed by atoms with Crippen LogP contribution in [0.1, 0.15) is 24.0 Å². The fourth-order valence-corrected chi connectivity index (χ4v) is 5.12. The van der Waals surface area contributed by atoms with Gasteiger partial charge in [-0.05, 0) is 31.0 Å². The summed E-state index contributed by atoms with van der Waals surface area (Å²) in [6.07, 6.45) is 1.11. The maximum Gasteiger partial charge on any atom is 0.246 e. The highest BCUT2D eigenvalue weighted by atomic mass is 32.2. The highest BCUT2D eigenvalue weighted by Gasteiger charge is 2.43. The van der Waals surface area contributed by atoms with Gasteiger partial charge >= 0.3 is 0 Å². The van der Waals surface area contributed by atoms with E-state index < -0.39 is 15.8 Å². The van der Waals surface area contributed by atoms with Crippen LogP contribution in [0.5, 0.6) is 5.75 Å². The maximum absolute atomic E-state index is 13.0. The van der Waals surface area contributed by atoms with Crippen molar-refractivity contribution in [2.45, 2.75) is 37.4 Å². The van der Waals surface area contributed by atoms with E-state index in [0.29, 0.717) is 44.9 Å². The number of sulfonamides is 1. The van der Waals surface area contributed by atoms with Gasteiger partial charge in [-0.3, -0.25) is 0 Å². The molecule has 23 heavy (non-hydrogen) atoms. The molecular formula is C16H23NO5S. The molecule has 6 nitrogen and oxygen atoms in total. The smallest absolute Gasteiger partial charge is 0.246 e. The van der Waals surface area contributed by atoms with E-state index in [4.69, 9.17) is 14.2 Å². The number of benzene rings is 1. The average molecular weight is 341 g/mol. The molecule has 1 spiro atoms. The zero-order chi connectivity index (χ0) is 16.7. The number of hydrogen-bond donors (Lipinski definition) is 0. The summed E-state index contributed by atoms with van der Waals surface area (Å²) in [4.78, 5) is 0.238. The van der Waals surface area contributed by atoms with Gasteiger partial charge in [-0.1, -0.05) is 6.07 Å². The SMILES string of the molecule is COc1c(C)cc(C)cc1S(=O)(=O)N1CCC2(CC1)OCCO2. The van der Waals surface area contributed by atoms with Crippen molar-refractivity contribution in [2.24, 2.45) is 0 Å². The van der Waals surface area contributed by atoms with Crippen molar-refractivity contribution in [1.29, 1.82) is 0 Å².